The number of hydrogen-bond acceptors (Lipinski definition) is 3. The summed E-state index contributed by atoms with van der Waals surface area (Å²) in [4.78, 5) is 11.7. The number of benzene rings is 1. The normalized spacial score (nSPS) is 10.2. The highest BCUT2D eigenvalue weighted by Gasteiger charge is 2.04. The number of nitrogens with zero attached hydrogens (tertiary/aromatic N) is 1. The van der Waals surface area contributed by atoms with Gasteiger partial charge in [-0.05, 0) is 24.1 Å². The van der Waals surface area contributed by atoms with E-state index in [4.69, 9.17) is 10.00 Å². The van der Waals surface area contributed by atoms with Gasteiger partial charge in [-0.25, -0.2) is 0 Å². The van der Waals surface area contributed by atoms with Crippen molar-refractivity contribution in [2.24, 2.45) is 0 Å². The third-order valence-corrected chi connectivity index (χ3v) is 3.69. The van der Waals surface area contributed by atoms with Crippen molar-refractivity contribution < 1.29 is 9.53 Å². The number of rotatable bonds is 11. The quantitative estimate of drug-likeness (QED) is 0.436. The van der Waals surface area contributed by atoms with Crippen LogP contribution in [-0.4, -0.2) is 12.6 Å². The molecule has 1 aromatic rings. The second-order valence-corrected chi connectivity index (χ2v) is 5.68. The molecule has 0 aliphatic carbocycles. The Kier molecular flexibility index (Phi) is 9.78. The Balaban J connectivity index is 2.02. The van der Waals surface area contributed by atoms with E-state index < -0.39 is 0 Å². The van der Waals surface area contributed by atoms with Gasteiger partial charge in [-0.2, -0.15) is 5.26 Å². The lowest BCUT2D eigenvalue weighted by Gasteiger charge is -2.05. The monoisotopic (exact) mass is 301 g/mol. The van der Waals surface area contributed by atoms with Gasteiger partial charge in [0, 0.05) is 0 Å². The van der Waals surface area contributed by atoms with Gasteiger partial charge in [-0.3, -0.25) is 4.79 Å². The second-order valence-electron chi connectivity index (χ2n) is 5.68. The largest absolute Gasteiger partial charge is 0.465 e. The molecule has 22 heavy (non-hydrogen) atoms. The van der Waals surface area contributed by atoms with E-state index >= 15 is 0 Å². The zero-order valence-corrected chi connectivity index (χ0v) is 13.6. The lowest BCUT2D eigenvalue weighted by atomic mass is 10.1. The molecule has 0 amide bonds. The fraction of sp³-hybridized carbons (Fsp3) is 0.579. The Morgan fingerprint density at radius 3 is 2.18 bits per heavy atom. The van der Waals surface area contributed by atoms with Gasteiger partial charge in [-0.1, -0.05) is 64.0 Å². The van der Waals surface area contributed by atoms with Crippen molar-refractivity contribution in [3.05, 3.63) is 35.4 Å². The smallest absolute Gasteiger partial charge is 0.310 e. The summed E-state index contributed by atoms with van der Waals surface area (Å²) in [5.74, 6) is -0.187. The maximum absolute atomic E-state index is 11.7. The van der Waals surface area contributed by atoms with Crippen LogP contribution in [0.1, 0.15) is 69.4 Å². The van der Waals surface area contributed by atoms with E-state index in [1.807, 2.05) is 0 Å². The molecule has 0 heterocycles. The van der Waals surface area contributed by atoms with Crippen LogP contribution in [0.4, 0.5) is 0 Å². The van der Waals surface area contributed by atoms with Crippen molar-refractivity contribution in [1.82, 2.24) is 0 Å². The Morgan fingerprint density at radius 1 is 1.00 bits per heavy atom. The molecular weight excluding hydrogens is 274 g/mol. The molecule has 0 fully saturated rings. The molecule has 0 bridgehead atoms. The predicted octanol–water partition coefficient (Wildman–Crippen LogP) is 4.78. The van der Waals surface area contributed by atoms with E-state index in [0.29, 0.717) is 12.2 Å². The van der Waals surface area contributed by atoms with E-state index in [1.165, 1.54) is 38.5 Å². The van der Waals surface area contributed by atoms with Crippen LogP contribution in [0.25, 0.3) is 0 Å². The van der Waals surface area contributed by atoms with E-state index in [-0.39, 0.29) is 12.4 Å². The predicted molar refractivity (Wildman–Crippen MR) is 88.4 cm³/mol. The van der Waals surface area contributed by atoms with Crippen LogP contribution in [0.5, 0.6) is 0 Å². The van der Waals surface area contributed by atoms with Crippen LogP contribution in [-0.2, 0) is 16.0 Å². The van der Waals surface area contributed by atoms with Crippen molar-refractivity contribution in [3.8, 4) is 6.07 Å². The number of unbranched alkanes of at least 4 members (excludes halogenated alkanes) is 7. The molecule has 1 rings (SSSR count). The zero-order valence-electron chi connectivity index (χ0n) is 13.6. The maximum atomic E-state index is 11.7. The third kappa shape index (κ3) is 8.46. The molecule has 3 heteroatoms. The summed E-state index contributed by atoms with van der Waals surface area (Å²) in [6.07, 6.45) is 10.2. The Morgan fingerprint density at radius 2 is 1.59 bits per heavy atom. The van der Waals surface area contributed by atoms with Crippen molar-refractivity contribution in [2.45, 2.75) is 64.7 Å². The van der Waals surface area contributed by atoms with Crippen LogP contribution in [0, 0.1) is 11.3 Å². The average molecular weight is 301 g/mol. The Labute approximate surface area is 134 Å². The molecule has 0 atom stereocenters. The highest BCUT2D eigenvalue weighted by atomic mass is 16.5. The summed E-state index contributed by atoms with van der Waals surface area (Å²) in [5.41, 5.74) is 1.50. The van der Waals surface area contributed by atoms with Gasteiger partial charge in [0.1, 0.15) is 0 Å². The first kappa shape index (κ1) is 18.2. The molecule has 0 aliphatic heterocycles. The molecule has 0 saturated heterocycles. The number of esters is 1. The van der Waals surface area contributed by atoms with E-state index in [2.05, 4.69) is 13.0 Å². The SMILES string of the molecule is CCCCCCCCCCOC(=O)Cc1ccc(C#N)cc1. The molecule has 120 valence electrons. The summed E-state index contributed by atoms with van der Waals surface area (Å²) in [6, 6.07) is 9.11. The molecule has 0 N–H and O–H groups in total. The summed E-state index contributed by atoms with van der Waals surface area (Å²) >= 11 is 0. The van der Waals surface area contributed by atoms with Crippen molar-refractivity contribution in [2.75, 3.05) is 6.61 Å². The first-order valence-electron chi connectivity index (χ1n) is 8.41. The van der Waals surface area contributed by atoms with Crippen LogP contribution >= 0.6 is 0 Å². The topological polar surface area (TPSA) is 50.1 Å². The van der Waals surface area contributed by atoms with Gasteiger partial charge >= 0.3 is 5.97 Å². The molecule has 0 saturated carbocycles. The average Bonchev–Trinajstić information content (AvgIpc) is 2.54. The molecule has 3 nitrogen and oxygen atoms in total. The molecule has 0 aromatic heterocycles. The van der Waals surface area contributed by atoms with Crippen molar-refractivity contribution >= 4 is 5.97 Å². The fourth-order valence-corrected chi connectivity index (χ4v) is 2.34. The number of nitriles is 1. The minimum Gasteiger partial charge on any atom is -0.465 e. The van der Waals surface area contributed by atoms with Crippen molar-refractivity contribution in [3.63, 3.8) is 0 Å². The second kappa shape index (κ2) is 11.8. The summed E-state index contributed by atoms with van der Waals surface area (Å²) in [6.45, 7) is 2.75. The number of carbonyl (C=O) groups excluding carboxylic acids is 1. The van der Waals surface area contributed by atoms with Gasteiger partial charge in [0.25, 0.3) is 0 Å². The van der Waals surface area contributed by atoms with E-state index in [9.17, 15) is 4.79 Å². The number of carbonyl (C=O) groups is 1. The lowest BCUT2D eigenvalue weighted by molar-refractivity contribution is -0.142. The highest BCUT2D eigenvalue weighted by Crippen LogP contribution is 2.09. The molecule has 0 unspecified atom stereocenters. The fourth-order valence-electron chi connectivity index (χ4n) is 2.34. The molecule has 0 aliphatic rings. The highest BCUT2D eigenvalue weighted by molar-refractivity contribution is 5.72. The van der Waals surface area contributed by atoms with Crippen LogP contribution in [0.15, 0.2) is 24.3 Å². The van der Waals surface area contributed by atoms with E-state index in [1.54, 1.807) is 24.3 Å². The summed E-state index contributed by atoms with van der Waals surface area (Å²) in [7, 11) is 0. The summed E-state index contributed by atoms with van der Waals surface area (Å²) < 4.78 is 5.24. The van der Waals surface area contributed by atoms with Gasteiger partial charge in [0.05, 0.1) is 24.7 Å². The molecule has 0 spiro atoms. The Bertz CT molecular complexity index is 459. The first-order chi connectivity index (χ1) is 10.8. The van der Waals surface area contributed by atoms with Gasteiger partial charge in [0.15, 0.2) is 0 Å². The van der Waals surface area contributed by atoms with Crippen LogP contribution < -0.4 is 0 Å². The van der Waals surface area contributed by atoms with Gasteiger partial charge in [0.2, 0.25) is 0 Å². The molecule has 0 radical (unpaired) electrons. The standard InChI is InChI=1S/C19H27NO2/c1-2-3-4-5-6-7-8-9-14-22-19(21)15-17-10-12-18(16-20)13-11-17/h10-13H,2-9,14-15H2,1H3. The van der Waals surface area contributed by atoms with Gasteiger partial charge < -0.3 is 4.74 Å². The lowest BCUT2D eigenvalue weighted by Crippen LogP contribution is -2.09. The minimum atomic E-state index is -0.187. The maximum Gasteiger partial charge on any atom is 0.310 e. The Hall–Kier alpha value is -1.82. The van der Waals surface area contributed by atoms with Crippen LogP contribution in [0.2, 0.25) is 0 Å². The van der Waals surface area contributed by atoms with Crippen LogP contribution in [0.3, 0.4) is 0 Å². The number of ether oxygens (including phenoxy) is 1. The molecular formula is C19H27NO2. The minimum absolute atomic E-state index is 0.187. The van der Waals surface area contributed by atoms with E-state index in [0.717, 1.165) is 18.4 Å². The molecule has 1 aromatic carbocycles. The van der Waals surface area contributed by atoms with Gasteiger partial charge in [-0.15, -0.1) is 0 Å². The zero-order chi connectivity index (χ0) is 16.0. The number of hydrogen-bond donors (Lipinski definition) is 0. The first-order valence-corrected chi connectivity index (χ1v) is 8.41. The third-order valence-electron chi connectivity index (χ3n) is 3.69. The summed E-state index contributed by atoms with van der Waals surface area (Å²) in [5, 5.41) is 8.72. The van der Waals surface area contributed by atoms with Crippen molar-refractivity contribution in [1.29, 1.82) is 5.26 Å².